The molecule has 1 aliphatic carbocycles. The third kappa shape index (κ3) is 1.69. The Labute approximate surface area is 112 Å². The van der Waals surface area contributed by atoms with Crippen molar-refractivity contribution in [2.24, 2.45) is 4.99 Å². The molecule has 2 aromatic rings. The van der Waals surface area contributed by atoms with Gasteiger partial charge in [0.15, 0.2) is 0 Å². The molecule has 1 aliphatic heterocycles. The van der Waals surface area contributed by atoms with Gasteiger partial charge in [0.25, 0.3) is 0 Å². The average Bonchev–Trinajstić information content (AvgIpc) is 3.10. The van der Waals surface area contributed by atoms with Crippen molar-refractivity contribution in [1.82, 2.24) is 5.32 Å². The molecule has 3 heteroatoms. The van der Waals surface area contributed by atoms with Gasteiger partial charge in [-0.25, -0.2) is 0 Å². The van der Waals surface area contributed by atoms with Crippen LogP contribution in [0.2, 0.25) is 0 Å². The number of nitrogens with zero attached hydrogens (tertiary/aromatic N) is 1. The summed E-state index contributed by atoms with van der Waals surface area (Å²) in [6, 6.07) is 10.5. The van der Waals surface area contributed by atoms with Crippen LogP contribution in [0.15, 0.2) is 46.0 Å². The third-order valence-corrected chi connectivity index (χ3v) is 4.28. The first-order valence-corrected chi connectivity index (χ1v) is 6.78. The lowest BCUT2D eigenvalue weighted by molar-refractivity contribution is 0.394. The van der Waals surface area contributed by atoms with Crippen LogP contribution in [0.5, 0.6) is 0 Å². The largest absolute Gasteiger partial charge is 0.464 e. The number of hydrogen-bond donors (Lipinski definition) is 1. The SMILES string of the molecule is C1=N[C@]2(CCc3c(cccc3-c3ccco3)C2)CN1. The molecule has 19 heavy (non-hydrogen) atoms. The molecule has 0 fully saturated rings. The van der Waals surface area contributed by atoms with E-state index in [1.807, 2.05) is 18.5 Å². The molecule has 96 valence electrons. The predicted octanol–water partition coefficient (Wildman–Crippen LogP) is 2.81. The molecule has 0 radical (unpaired) electrons. The number of rotatable bonds is 1. The lowest BCUT2D eigenvalue weighted by Gasteiger charge is -2.32. The van der Waals surface area contributed by atoms with Crippen LogP contribution in [0, 0.1) is 0 Å². The van der Waals surface area contributed by atoms with Gasteiger partial charge in [0.2, 0.25) is 0 Å². The van der Waals surface area contributed by atoms with Gasteiger partial charge < -0.3 is 9.73 Å². The summed E-state index contributed by atoms with van der Waals surface area (Å²) in [6.45, 7) is 0.970. The summed E-state index contributed by atoms with van der Waals surface area (Å²) in [5, 5.41) is 3.25. The van der Waals surface area contributed by atoms with Crippen LogP contribution in [0.25, 0.3) is 11.3 Å². The fourth-order valence-corrected chi connectivity index (χ4v) is 3.28. The second-order valence-electron chi connectivity index (χ2n) is 5.46. The van der Waals surface area contributed by atoms with Crippen LogP contribution < -0.4 is 5.32 Å². The van der Waals surface area contributed by atoms with Gasteiger partial charge in [-0.05, 0) is 42.5 Å². The van der Waals surface area contributed by atoms with Crippen molar-refractivity contribution in [2.45, 2.75) is 24.8 Å². The molecule has 0 unspecified atom stereocenters. The van der Waals surface area contributed by atoms with Crippen molar-refractivity contribution >= 4 is 6.34 Å². The van der Waals surface area contributed by atoms with Crippen LogP contribution in [0.4, 0.5) is 0 Å². The Kier molecular flexibility index (Phi) is 2.28. The summed E-state index contributed by atoms with van der Waals surface area (Å²) < 4.78 is 5.56. The van der Waals surface area contributed by atoms with Gasteiger partial charge in [0.05, 0.1) is 18.1 Å². The van der Waals surface area contributed by atoms with E-state index in [4.69, 9.17) is 4.42 Å². The van der Waals surface area contributed by atoms with Crippen LogP contribution >= 0.6 is 0 Å². The normalized spacial score (nSPS) is 24.4. The molecular weight excluding hydrogens is 236 g/mol. The molecule has 2 aliphatic rings. The van der Waals surface area contributed by atoms with Gasteiger partial charge in [-0.2, -0.15) is 0 Å². The number of hydrogen-bond acceptors (Lipinski definition) is 3. The topological polar surface area (TPSA) is 37.5 Å². The first-order chi connectivity index (χ1) is 9.36. The maximum Gasteiger partial charge on any atom is 0.134 e. The van der Waals surface area contributed by atoms with E-state index in [1.165, 1.54) is 16.7 Å². The van der Waals surface area contributed by atoms with Crippen LogP contribution in [0.3, 0.4) is 0 Å². The first-order valence-electron chi connectivity index (χ1n) is 6.78. The van der Waals surface area contributed by atoms with E-state index in [-0.39, 0.29) is 5.54 Å². The Morgan fingerprint density at radius 2 is 2.21 bits per heavy atom. The van der Waals surface area contributed by atoms with Gasteiger partial charge in [0, 0.05) is 12.1 Å². The van der Waals surface area contributed by atoms with Gasteiger partial charge in [-0.3, -0.25) is 4.99 Å². The Hall–Kier alpha value is -2.03. The van der Waals surface area contributed by atoms with E-state index >= 15 is 0 Å². The maximum absolute atomic E-state index is 5.56. The van der Waals surface area contributed by atoms with Gasteiger partial charge >= 0.3 is 0 Å². The fraction of sp³-hybridized carbons (Fsp3) is 0.312. The zero-order valence-corrected chi connectivity index (χ0v) is 10.7. The van der Waals surface area contributed by atoms with Crippen molar-refractivity contribution in [1.29, 1.82) is 0 Å². The molecular formula is C16H16N2O. The van der Waals surface area contributed by atoms with Crippen LogP contribution in [-0.4, -0.2) is 18.4 Å². The molecule has 1 atom stereocenters. The summed E-state index contributed by atoms with van der Waals surface area (Å²) in [5.41, 5.74) is 4.19. The summed E-state index contributed by atoms with van der Waals surface area (Å²) in [6.07, 6.45) is 6.82. The molecule has 2 heterocycles. The molecule has 1 aromatic heterocycles. The highest BCUT2D eigenvalue weighted by molar-refractivity contribution is 5.66. The molecule has 0 bridgehead atoms. The predicted molar refractivity (Wildman–Crippen MR) is 75.4 cm³/mol. The minimum Gasteiger partial charge on any atom is -0.464 e. The molecule has 1 N–H and O–H groups in total. The number of fused-ring (bicyclic) bond motifs is 1. The van der Waals surface area contributed by atoms with Gasteiger partial charge in [-0.15, -0.1) is 0 Å². The summed E-state index contributed by atoms with van der Waals surface area (Å²) in [5.74, 6) is 0.973. The molecule has 1 aromatic carbocycles. The molecule has 1 spiro atoms. The molecule has 4 rings (SSSR count). The second-order valence-corrected chi connectivity index (χ2v) is 5.46. The molecule has 3 nitrogen and oxygen atoms in total. The third-order valence-electron chi connectivity index (χ3n) is 4.28. The fourth-order valence-electron chi connectivity index (χ4n) is 3.28. The van der Waals surface area contributed by atoms with Crippen molar-refractivity contribution in [3.05, 3.63) is 47.7 Å². The van der Waals surface area contributed by atoms with E-state index in [2.05, 4.69) is 28.5 Å². The van der Waals surface area contributed by atoms with Crippen molar-refractivity contribution in [3.63, 3.8) is 0 Å². The molecule has 0 saturated carbocycles. The number of benzene rings is 1. The van der Waals surface area contributed by atoms with Crippen molar-refractivity contribution in [2.75, 3.05) is 6.54 Å². The number of furan rings is 1. The highest BCUT2D eigenvalue weighted by Gasteiger charge is 2.36. The van der Waals surface area contributed by atoms with E-state index in [0.717, 1.165) is 31.6 Å². The minimum atomic E-state index is 0.0921. The number of aliphatic imine (C=N–C) groups is 1. The monoisotopic (exact) mass is 252 g/mol. The van der Waals surface area contributed by atoms with Crippen molar-refractivity contribution in [3.8, 4) is 11.3 Å². The van der Waals surface area contributed by atoms with Gasteiger partial charge in [0.1, 0.15) is 5.76 Å². The summed E-state index contributed by atoms with van der Waals surface area (Å²) in [4.78, 5) is 4.66. The lowest BCUT2D eigenvalue weighted by Crippen LogP contribution is -2.38. The maximum atomic E-state index is 5.56. The summed E-state index contributed by atoms with van der Waals surface area (Å²) >= 11 is 0. The Morgan fingerprint density at radius 1 is 1.21 bits per heavy atom. The zero-order chi connectivity index (χ0) is 12.7. The van der Waals surface area contributed by atoms with E-state index in [0.29, 0.717) is 0 Å². The van der Waals surface area contributed by atoms with E-state index < -0.39 is 0 Å². The number of nitrogens with one attached hydrogen (secondary N) is 1. The van der Waals surface area contributed by atoms with Crippen LogP contribution in [-0.2, 0) is 12.8 Å². The van der Waals surface area contributed by atoms with Gasteiger partial charge in [-0.1, -0.05) is 18.2 Å². The van der Waals surface area contributed by atoms with Crippen molar-refractivity contribution < 1.29 is 4.42 Å². The Morgan fingerprint density at radius 3 is 3.00 bits per heavy atom. The average molecular weight is 252 g/mol. The Bertz CT molecular complexity index is 630. The quantitative estimate of drug-likeness (QED) is 0.847. The molecule has 0 saturated heterocycles. The molecule has 0 amide bonds. The second kappa shape index (κ2) is 3.98. The summed E-state index contributed by atoms with van der Waals surface area (Å²) in [7, 11) is 0. The zero-order valence-electron chi connectivity index (χ0n) is 10.7. The van der Waals surface area contributed by atoms with E-state index in [9.17, 15) is 0 Å². The van der Waals surface area contributed by atoms with E-state index in [1.54, 1.807) is 6.26 Å². The highest BCUT2D eigenvalue weighted by atomic mass is 16.3. The standard InChI is InChI=1S/C16H16N2O/c1-3-12-9-16(10-17-11-18-16)7-6-13(12)14(4-1)15-5-2-8-19-15/h1-5,8,11H,6-7,9-10H2,(H,17,18)/t16-/m0/s1. The highest BCUT2D eigenvalue weighted by Crippen LogP contribution is 2.37. The Balaban J connectivity index is 1.78. The minimum absolute atomic E-state index is 0.0921. The lowest BCUT2D eigenvalue weighted by atomic mass is 9.77. The van der Waals surface area contributed by atoms with Crippen LogP contribution in [0.1, 0.15) is 17.5 Å². The smallest absolute Gasteiger partial charge is 0.134 e. The first kappa shape index (κ1) is 10.9.